The van der Waals surface area contributed by atoms with Gasteiger partial charge in [-0.05, 0) is 43.2 Å². The minimum Gasteiger partial charge on any atom is -0.459 e. The summed E-state index contributed by atoms with van der Waals surface area (Å²) in [5.74, 6) is 0.0737. The molecule has 3 rings (SSSR count). The van der Waals surface area contributed by atoms with Crippen molar-refractivity contribution in [2.24, 2.45) is 0 Å². The smallest absolute Gasteiger partial charge is 0.289 e. The van der Waals surface area contributed by atoms with E-state index in [1.54, 1.807) is 30.0 Å². The van der Waals surface area contributed by atoms with Crippen molar-refractivity contribution in [2.45, 2.75) is 18.7 Å². The lowest BCUT2D eigenvalue weighted by Crippen LogP contribution is -2.50. The Labute approximate surface area is 141 Å². The second-order valence-electron chi connectivity index (χ2n) is 5.94. The molecule has 1 aliphatic rings. The van der Waals surface area contributed by atoms with Crippen molar-refractivity contribution in [3.63, 3.8) is 0 Å². The van der Waals surface area contributed by atoms with Crippen molar-refractivity contribution in [1.29, 1.82) is 0 Å². The van der Waals surface area contributed by atoms with Crippen LogP contribution in [0.25, 0.3) is 0 Å². The monoisotopic (exact) mass is 348 g/mol. The van der Waals surface area contributed by atoms with Gasteiger partial charge in [-0.15, -0.1) is 0 Å². The van der Waals surface area contributed by atoms with Gasteiger partial charge < -0.3 is 9.32 Å². The van der Waals surface area contributed by atoms with E-state index in [2.05, 4.69) is 0 Å². The molecule has 0 atom stereocenters. The first kappa shape index (κ1) is 16.7. The van der Waals surface area contributed by atoms with Crippen LogP contribution in [0.2, 0.25) is 0 Å². The predicted octanol–water partition coefficient (Wildman–Crippen LogP) is 2.04. The van der Waals surface area contributed by atoms with Gasteiger partial charge in [0.15, 0.2) is 5.76 Å². The van der Waals surface area contributed by atoms with E-state index in [-0.39, 0.29) is 24.8 Å². The number of piperazine rings is 1. The summed E-state index contributed by atoms with van der Waals surface area (Å²) in [6.45, 7) is 4.93. The van der Waals surface area contributed by atoms with Crippen molar-refractivity contribution >= 4 is 15.9 Å². The van der Waals surface area contributed by atoms with Gasteiger partial charge in [-0.1, -0.05) is 12.1 Å². The minimum atomic E-state index is -3.55. The maximum Gasteiger partial charge on any atom is 0.289 e. The summed E-state index contributed by atoms with van der Waals surface area (Å²) in [4.78, 5) is 14.2. The topological polar surface area (TPSA) is 70.8 Å². The molecular weight excluding hydrogens is 328 g/mol. The van der Waals surface area contributed by atoms with Crippen LogP contribution < -0.4 is 0 Å². The summed E-state index contributed by atoms with van der Waals surface area (Å²) in [5, 5.41) is 0. The number of carbonyl (C=O) groups is 1. The fraction of sp³-hybridized carbons (Fsp3) is 0.353. The largest absolute Gasteiger partial charge is 0.459 e. The molecule has 1 saturated heterocycles. The van der Waals surface area contributed by atoms with Gasteiger partial charge in [0.05, 0.1) is 11.2 Å². The zero-order valence-electron chi connectivity index (χ0n) is 13.7. The third-order valence-electron chi connectivity index (χ3n) is 4.22. The molecule has 0 saturated carbocycles. The summed E-state index contributed by atoms with van der Waals surface area (Å²) < 4.78 is 32.3. The number of sulfonamides is 1. The Kier molecular flexibility index (Phi) is 4.47. The number of hydrogen-bond donors (Lipinski definition) is 0. The van der Waals surface area contributed by atoms with Crippen LogP contribution in [0.5, 0.6) is 0 Å². The number of carbonyl (C=O) groups excluding carboxylic acids is 1. The first-order chi connectivity index (χ1) is 11.4. The lowest BCUT2D eigenvalue weighted by atomic mass is 10.2. The first-order valence-corrected chi connectivity index (χ1v) is 9.24. The molecule has 0 spiro atoms. The molecule has 1 aliphatic heterocycles. The van der Waals surface area contributed by atoms with Gasteiger partial charge >= 0.3 is 0 Å². The summed E-state index contributed by atoms with van der Waals surface area (Å²) >= 11 is 0. The molecule has 6 nitrogen and oxygen atoms in total. The second-order valence-corrected chi connectivity index (χ2v) is 7.85. The summed E-state index contributed by atoms with van der Waals surface area (Å²) in [6, 6.07) is 8.69. The lowest BCUT2D eigenvalue weighted by Gasteiger charge is -2.33. The molecule has 1 aromatic heterocycles. The third kappa shape index (κ3) is 3.09. The number of furan rings is 1. The van der Waals surface area contributed by atoms with E-state index in [9.17, 15) is 13.2 Å². The van der Waals surface area contributed by atoms with Crippen molar-refractivity contribution in [1.82, 2.24) is 9.21 Å². The molecule has 2 heterocycles. The predicted molar refractivity (Wildman–Crippen MR) is 89.3 cm³/mol. The van der Waals surface area contributed by atoms with Crippen LogP contribution in [0, 0.1) is 13.8 Å². The highest BCUT2D eigenvalue weighted by Crippen LogP contribution is 2.22. The van der Waals surface area contributed by atoms with Gasteiger partial charge in [-0.2, -0.15) is 4.31 Å². The highest BCUT2D eigenvalue weighted by atomic mass is 32.2. The molecule has 7 heteroatoms. The second kappa shape index (κ2) is 6.41. The Bertz CT molecular complexity index is 835. The number of rotatable bonds is 3. The lowest BCUT2D eigenvalue weighted by molar-refractivity contribution is 0.0666. The number of amides is 1. The van der Waals surface area contributed by atoms with Crippen LogP contribution in [-0.2, 0) is 10.0 Å². The van der Waals surface area contributed by atoms with E-state index in [0.717, 1.165) is 11.1 Å². The molecule has 0 radical (unpaired) electrons. The molecule has 24 heavy (non-hydrogen) atoms. The molecule has 1 aromatic carbocycles. The normalized spacial score (nSPS) is 16.3. The van der Waals surface area contributed by atoms with E-state index in [1.807, 2.05) is 19.1 Å². The van der Waals surface area contributed by atoms with Gasteiger partial charge in [-0.3, -0.25) is 4.79 Å². The Hall–Kier alpha value is -2.12. The Morgan fingerprint density at radius 3 is 2.42 bits per heavy atom. The highest BCUT2D eigenvalue weighted by molar-refractivity contribution is 7.89. The van der Waals surface area contributed by atoms with E-state index in [0.29, 0.717) is 18.0 Å². The molecule has 1 amide bonds. The van der Waals surface area contributed by atoms with Crippen LogP contribution >= 0.6 is 0 Å². The molecule has 1 fully saturated rings. The molecule has 0 unspecified atom stereocenters. The van der Waals surface area contributed by atoms with E-state index >= 15 is 0 Å². The average Bonchev–Trinajstić information content (AvgIpc) is 3.11. The Balaban J connectivity index is 1.74. The quantitative estimate of drug-likeness (QED) is 0.851. The zero-order chi connectivity index (χ0) is 17.3. The number of benzene rings is 1. The van der Waals surface area contributed by atoms with Crippen LogP contribution in [0.15, 0.2) is 45.9 Å². The van der Waals surface area contributed by atoms with Crippen LogP contribution in [0.3, 0.4) is 0 Å². The van der Waals surface area contributed by atoms with Crippen molar-refractivity contribution < 1.29 is 17.6 Å². The average molecular weight is 348 g/mol. The van der Waals surface area contributed by atoms with Crippen molar-refractivity contribution in [2.75, 3.05) is 26.2 Å². The standard InChI is InChI=1S/C17H20N2O4S/c1-13-5-6-14(2)16(12-13)24(21,22)19-9-7-18(8-10-19)17(20)15-4-3-11-23-15/h3-6,11-12H,7-10H2,1-2H3. The molecular formula is C17H20N2O4S. The summed E-state index contributed by atoms with van der Waals surface area (Å²) in [7, 11) is -3.55. The van der Waals surface area contributed by atoms with Gasteiger partial charge in [0.25, 0.3) is 5.91 Å². The van der Waals surface area contributed by atoms with Crippen LogP contribution in [0.4, 0.5) is 0 Å². The van der Waals surface area contributed by atoms with Gasteiger partial charge in [0.1, 0.15) is 0 Å². The SMILES string of the molecule is Cc1ccc(C)c(S(=O)(=O)N2CCN(C(=O)c3ccco3)CC2)c1. The Morgan fingerprint density at radius 1 is 1.08 bits per heavy atom. The van der Waals surface area contributed by atoms with Crippen LogP contribution in [-0.4, -0.2) is 49.7 Å². The number of hydrogen-bond acceptors (Lipinski definition) is 4. The fourth-order valence-electron chi connectivity index (χ4n) is 2.81. The Morgan fingerprint density at radius 2 is 1.79 bits per heavy atom. The summed E-state index contributed by atoms with van der Waals surface area (Å²) in [5.41, 5.74) is 1.64. The van der Waals surface area contributed by atoms with E-state index in [4.69, 9.17) is 4.42 Å². The maximum atomic E-state index is 12.9. The van der Waals surface area contributed by atoms with Crippen molar-refractivity contribution in [3.05, 3.63) is 53.5 Å². The van der Waals surface area contributed by atoms with E-state index < -0.39 is 10.0 Å². The van der Waals surface area contributed by atoms with Crippen LogP contribution in [0.1, 0.15) is 21.7 Å². The maximum absolute atomic E-state index is 12.9. The number of nitrogens with zero attached hydrogens (tertiary/aromatic N) is 2. The zero-order valence-corrected chi connectivity index (χ0v) is 14.5. The molecule has 2 aromatic rings. The molecule has 0 N–H and O–H groups in total. The van der Waals surface area contributed by atoms with Crippen molar-refractivity contribution in [3.8, 4) is 0 Å². The number of aryl methyl sites for hydroxylation is 2. The highest BCUT2D eigenvalue weighted by Gasteiger charge is 2.31. The molecule has 0 aliphatic carbocycles. The van der Waals surface area contributed by atoms with Gasteiger partial charge in [0.2, 0.25) is 10.0 Å². The third-order valence-corrected chi connectivity index (χ3v) is 6.26. The molecule has 0 bridgehead atoms. The first-order valence-electron chi connectivity index (χ1n) is 7.80. The summed E-state index contributed by atoms with van der Waals surface area (Å²) in [6.07, 6.45) is 1.45. The minimum absolute atomic E-state index is 0.205. The van der Waals surface area contributed by atoms with E-state index in [1.165, 1.54) is 10.6 Å². The fourth-order valence-corrected chi connectivity index (χ4v) is 4.54. The van der Waals surface area contributed by atoms with Gasteiger partial charge in [-0.25, -0.2) is 8.42 Å². The molecule has 128 valence electrons. The van der Waals surface area contributed by atoms with Gasteiger partial charge in [0, 0.05) is 26.2 Å².